The predicted molar refractivity (Wildman–Crippen MR) is 66.1 cm³/mol. The summed E-state index contributed by atoms with van der Waals surface area (Å²) in [5, 5.41) is 18.1. The molecule has 0 fully saturated rings. The molecule has 2 rings (SSSR count). The average Bonchev–Trinajstić information content (AvgIpc) is 2.32. The topological polar surface area (TPSA) is 62.5 Å². The zero-order valence-corrected chi connectivity index (χ0v) is 9.15. The summed E-state index contributed by atoms with van der Waals surface area (Å²) in [6.07, 6.45) is 1.70. The molecule has 0 amide bonds. The first-order chi connectivity index (χ1) is 8.16. The number of benzene rings is 1. The Morgan fingerprint density at radius 3 is 2.65 bits per heavy atom. The molecular formula is C12H12BNO3. The van der Waals surface area contributed by atoms with Crippen LogP contribution in [0.2, 0.25) is 0 Å². The molecule has 1 heterocycles. The number of pyridine rings is 1. The highest BCUT2D eigenvalue weighted by Gasteiger charge is 2.10. The molecule has 5 heteroatoms. The van der Waals surface area contributed by atoms with E-state index >= 15 is 0 Å². The molecule has 0 aliphatic heterocycles. The third-order valence-corrected chi connectivity index (χ3v) is 2.50. The summed E-state index contributed by atoms with van der Waals surface area (Å²) in [6.45, 7) is 0.417. The second kappa shape index (κ2) is 4.99. The minimum Gasteiger partial charge on any atom is -0.423 e. The van der Waals surface area contributed by atoms with Crippen LogP contribution in [0.3, 0.4) is 0 Å². The summed E-state index contributed by atoms with van der Waals surface area (Å²) < 4.78 is 1.56. The lowest BCUT2D eigenvalue weighted by molar-refractivity contribution is 0.425. The molecule has 0 saturated heterocycles. The molecule has 0 radical (unpaired) electrons. The van der Waals surface area contributed by atoms with E-state index < -0.39 is 7.12 Å². The van der Waals surface area contributed by atoms with Crippen molar-refractivity contribution in [2.75, 3.05) is 0 Å². The van der Waals surface area contributed by atoms with Crippen molar-refractivity contribution in [2.45, 2.75) is 6.54 Å². The lowest BCUT2D eigenvalue weighted by atomic mass is 9.79. The van der Waals surface area contributed by atoms with Crippen molar-refractivity contribution in [1.29, 1.82) is 0 Å². The molecule has 1 aromatic heterocycles. The van der Waals surface area contributed by atoms with E-state index in [1.54, 1.807) is 41.1 Å². The maximum absolute atomic E-state index is 11.5. The zero-order chi connectivity index (χ0) is 12.3. The monoisotopic (exact) mass is 229 g/mol. The Balaban J connectivity index is 2.28. The van der Waals surface area contributed by atoms with Crippen molar-refractivity contribution in [1.82, 2.24) is 4.57 Å². The molecular weight excluding hydrogens is 217 g/mol. The van der Waals surface area contributed by atoms with Crippen molar-refractivity contribution >= 4 is 12.6 Å². The molecule has 0 saturated carbocycles. The Hall–Kier alpha value is -1.85. The molecule has 17 heavy (non-hydrogen) atoms. The maximum Gasteiger partial charge on any atom is 0.488 e. The lowest BCUT2D eigenvalue weighted by Gasteiger charge is -2.07. The van der Waals surface area contributed by atoms with Crippen molar-refractivity contribution in [3.8, 4) is 0 Å². The van der Waals surface area contributed by atoms with Gasteiger partial charge in [0.1, 0.15) is 0 Å². The van der Waals surface area contributed by atoms with Crippen LogP contribution in [0, 0.1) is 0 Å². The van der Waals surface area contributed by atoms with E-state index in [9.17, 15) is 4.79 Å². The molecule has 0 bridgehead atoms. The van der Waals surface area contributed by atoms with Gasteiger partial charge in [-0.2, -0.15) is 0 Å². The third kappa shape index (κ3) is 2.84. The Morgan fingerprint density at radius 2 is 1.94 bits per heavy atom. The van der Waals surface area contributed by atoms with Crippen molar-refractivity contribution in [2.24, 2.45) is 0 Å². The highest BCUT2D eigenvalue weighted by Crippen LogP contribution is 1.99. The van der Waals surface area contributed by atoms with Crippen LogP contribution >= 0.6 is 0 Å². The minimum absolute atomic E-state index is 0.0811. The minimum atomic E-state index is -1.48. The van der Waals surface area contributed by atoms with E-state index in [1.165, 1.54) is 6.07 Å². The van der Waals surface area contributed by atoms with E-state index in [-0.39, 0.29) is 5.56 Å². The average molecular weight is 229 g/mol. The number of nitrogens with zero attached hydrogens (tertiary/aromatic N) is 1. The van der Waals surface area contributed by atoms with E-state index in [4.69, 9.17) is 10.0 Å². The number of rotatable bonds is 3. The molecule has 0 unspecified atom stereocenters. The van der Waals surface area contributed by atoms with Crippen molar-refractivity contribution in [3.05, 3.63) is 64.6 Å². The summed E-state index contributed by atoms with van der Waals surface area (Å²) in [6, 6.07) is 11.8. The van der Waals surface area contributed by atoms with E-state index in [2.05, 4.69) is 0 Å². The number of hydrogen-bond donors (Lipinski definition) is 2. The van der Waals surface area contributed by atoms with Crippen LogP contribution in [-0.4, -0.2) is 21.7 Å². The largest absolute Gasteiger partial charge is 0.488 e. The van der Waals surface area contributed by atoms with Crippen molar-refractivity contribution in [3.63, 3.8) is 0 Å². The lowest BCUT2D eigenvalue weighted by Crippen LogP contribution is -2.30. The summed E-state index contributed by atoms with van der Waals surface area (Å²) in [5.74, 6) is 0. The Morgan fingerprint density at radius 1 is 1.12 bits per heavy atom. The highest BCUT2D eigenvalue weighted by atomic mass is 16.4. The molecule has 4 nitrogen and oxygen atoms in total. The van der Waals surface area contributed by atoms with Crippen LogP contribution in [0.15, 0.2) is 53.5 Å². The van der Waals surface area contributed by atoms with Gasteiger partial charge in [0.05, 0.1) is 6.54 Å². The van der Waals surface area contributed by atoms with Crippen LogP contribution in [0.5, 0.6) is 0 Å². The highest BCUT2D eigenvalue weighted by molar-refractivity contribution is 6.58. The Bertz CT molecular complexity index is 565. The van der Waals surface area contributed by atoms with Gasteiger partial charge < -0.3 is 14.6 Å². The van der Waals surface area contributed by atoms with Gasteiger partial charge in [-0.05, 0) is 17.1 Å². The molecule has 86 valence electrons. The molecule has 0 aliphatic rings. The molecule has 1 aromatic carbocycles. The maximum atomic E-state index is 11.5. The first kappa shape index (κ1) is 11.6. The molecule has 0 aliphatic carbocycles. The fourth-order valence-corrected chi connectivity index (χ4v) is 1.64. The molecule has 2 N–H and O–H groups in total. The van der Waals surface area contributed by atoms with Crippen LogP contribution in [-0.2, 0) is 6.54 Å². The van der Waals surface area contributed by atoms with Gasteiger partial charge in [-0.1, -0.05) is 30.3 Å². The molecule has 0 atom stereocenters. The second-order valence-corrected chi connectivity index (χ2v) is 3.79. The van der Waals surface area contributed by atoms with Crippen LogP contribution in [0.4, 0.5) is 0 Å². The second-order valence-electron chi connectivity index (χ2n) is 3.79. The summed E-state index contributed by atoms with van der Waals surface area (Å²) in [4.78, 5) is 11.5. The quantitative estimate of drug-likeness (QED) is 0.702. The van der Waals surface area contributed by atoms with E-state index in [0.29, 0.717) is 12.0 Å². The normalized spacial score (nSPS) is 10.2. The number of hydrogen-bond acceptors (Lipinski definition) is 3. The first-order valence-electron chi connectivity index (χ1n) is 5.27. The SMILES string of the molecule is O=c1ccccn1Cc1cccc(B(O)O)c1. The predicted octanol–water partition coefficient (Wildman–Crippen LogP) is -0.424. The van der Waals surface area contributed by atoms with Gasteiger partial charge in [-0.15, -0.1) is 0 Å². The fourth-order valence-electron chi connectivity index (χ4n) is 1.64. The van der Waals surface area contributed by atoms with E-state index in [1.807, 2.05) is 6.07 Å². The van der Waals surface area contributed by atoms with Crippen LogP contribution in [0.1, 0.15) is 5.56 Å². The summed E-state index contributed by atoms with van der Waals surface area (Å²) >= 11 is 0. The fraction of sp³-hybridized carbons (Fsp3) is 0.0833. The summed E-state index contributed by atoms with van der Waals surface area (Å²) in [5.41, 5.74) is 1.19. The van der Waals surface area contributed by atoms with Gasteiger partial charge in [0.2, 0.25) is 0 Å². The third-order valence-electron chi connectivity index (χ3n) is 2.50. The summed E-state index contributed by atoms with van der Waals surface area (Å²) in [7, 11) is -1.48. The van der Waals surface area contributed by atoms with Crippen LogP contribution in [0.25, 0.3) is 0 Å². The standard InChI is InChI=1S/C12H12BNO3/c15-12-6-1-2-7-14(12)9-10-4-3-5-11(8-10)13(16)17/h1-8,16-17H,9H2. The molecule has 2 aromatic rings. The van der Waals surface area contributed by atoms with Crippen LogP contribution < -0.4 is 11.0 Å². The van der Waals surface area contributed by atoms with Gasteiger partial charge in [-0.25, -0.2) is 0 Å². The van der Waals surface area contributed by atoms with Crippen molar-refractivity contribution < 1.29 is 10.0 Å². The van der Waals surface area contributed by atoms with Gasteiger partial charge in [0.25, 0.3) is 5.56 Å². The Kier molecular flexibility index (Phi) is 3.42. The van der Waals surface area contributed by atoms with Gasteiger partial charge in [0.15, 0.2) is 0 Å². The van der Waals surface area contributed by atoms with Gasteiger partial charge in [0, 0.05) is 12.3 Å². The van der Waals surface area contributed by atoms with Gasteiger partial charge >= 0.3 is 7.12 Å². The van der Waals surface area contributed by atoms with E-state index in [0.717, 1.165) is 5.56 Å². The number of aromatic nitrogens is 1. The molecule has 0 spiro atoms. The smallest absolute Gasteiger partial charge is 0.423 e. The Labute approximate surface area is 98.9 Å². The zero-order valence-electron chi connectivity index (χ0n) is 9.15. The van der Waals surface area contributed by atoms with Gasteiger partial charge in [-0.3, -0.25) is 4.79 Å². The first-order valence-corrected chi connectivity index (χ1v) is 5.27.